The van der Waals surface area contributed by atoms with Crippen LogP contribution in [0.3, 0.4) is 0 Å². The van der Waals surface area contributed by atoms with E-state index in [9.17, 15) is 9.59 Å². The van der Waals surface area contributed by atoms with Gasteiger partial charge < -0.3 is 0 Å². The molecule has 1 aromatic heterocycles. The molecule has 1 aliphatic rings. The van der Waals surface area contributed by atoms with Gasteiger partial charge in [-0.05, 0) is 25.0 Å². The quantitative estimate of drug-likeness (QED) is 0.811. The Morgan fingerprint density at radius 3 is 2.48 bits per heavy atom. The van der Waals surface area contributed by atoms with Gasteiger partial charge in [0, 0.05) is 23.2 Å². The number of aryl methyl sites for hydroxylation is 1. The molecular weight excluding hydrogens is 312 g/mol. The summed E-state index contributed by atoms with van der Waals surface area (Å²) in [6.07, 6.45) is 2.04. The van der Waals surface area contributed by atoms with E-state index in [1.807, 2.05) is 31.2 Å². The van der Waals surface area contributed by atoms with Crippen LogP contribution in [0, 0.1) is 18.8 Å². The number of carbonyl (C=O) groups is 2. The van der Waals surface area contributed by atoms with E-state index in [0.717, 1.165) is 10.5 Å². The van der Waals surface area contributed by atoms with Crippen molar-refractivity contribution in [3.8, 4) is 0 Å². The van der Waals surface area contributed by atoms with E-state index in [-0.39, 0.29) is 23.7 Å². The highest BCUT2D eigenvalue weighted by Crippen LogP contribution is 2.32. The lowest BCUT2D eigenvalue weighted by molar-refractivity contribution is -0.122. The van der Waals surface area contributed by atoms with Gasteiger partial charge in [0.05, 0.1) is 5.92 Å². The molecule has 2 heterocycles. The number of imide groups is 1. The van der Waals surface area contributed by atoms with Crippen LogP contribution in [0.4, 0.5) is 5.82 Å². The predicted molar refractivity (Wildman–Crippen MR) is 89.3 cm³/mol. The number of aromatic nitrogens is 1. The molecule has 0 aliphatic carbocycles. The van der Waals surface area contributed by atoms with E-state index in [0.29, 0.717) is 17.3 Å². The molecule has 0 saturated carbocycles. The molecule has 1 fully saturated rings. The highest BCUT2D eigenvalue weighted by Gasteiger charge is 2.46. The average molecular weight is 329 g/mol. The number of nitrogens with zero attached hydrogens (tertiary/aromatic N) is 2. The number of benzene rings is 1. The fourth-order valence-corrected chi connectivity index (χ4v) is 3.00. The van der Waals surface area contributed by atoms with Crippen molar-refractivity contribution in [3.05, 3.63) is 58.7 Å². The van der Waals surface area contributed by atoms with Crippen LogP contribution in [0.5, 0.6) is 0 Å². The van der Waals surface area contributed by atoms with Crippen LogP contribution in [0.1, 0.15) is 18.1 Å². The molecule has 2 atom stereocenters. The molecule has 0 radical (unpaired) electrons. The molecule has 1 saturated heterocycles. The number of carbonyl (C=O) groups excluding carboxylic acids is 2. The third-order valence-electron chi connectivity index (χ3n) is 4.26. The lowest BCUT2D eigenvalue weighted by Gasteiger charge is -2.14. The number of rotatable bonds is 3. The maximum absolute atomic E-state index is 12.7. The van der Waals surface area contributed by atoms with E-state index < -0.39 is 0 Å². The van der Waals surface area contributed by atoms with Crippen LogP contribution >= 0.6 is 11.6 Å². The second-order valence-corrected chi connectivity index (χ2v) is 6.37. The summed E-state index contributed by atoms with van der Waals surface area (Å²) < 4.78 is 0. The molecule has 1 aliphatic heterocycles. The van der Waals surface area contributed by atoms with Crippen molar-refractivity contribution in [3.63, 3.8) is 0 Å². The third kappa shape index (κ3) is 2.99. The zero-order chi connectivity index (χ0) is 16.6. The van der Waals surface area contributed by atoms with Crippen molar-refractivity contribution >= 4 is 29.2 Å². The summed E-state index contributed by atoms with van der Waals surface area (Å²) in [5.41, 5.74) is 2.22. The molecular formula is C18H17ClN2O2. The van der Waals surface area contributed by atoms with Crippen LogP contribution in [-0.4, -0.2) is 16.8 Å². The summed E-state index contributed by atoms with van der Waals surface area (Å²) in [5, 5.41) is 0.449. The van der Waals surface area contributed by atoms with E-state index >= 15 is 0 Å². The van der Waals surface area contributed by atoms with Gasteiger partial charge in [-0.2, -0.15) is 0 Å². The zero-order valence-corrected chi connectivity index (χ0v) is 13.7. The lowest BCUT2D eigenvalue weighted by Crippen LogP contribution is -2.31. The summed E-state index contributed by atoms with van der Waals surface area (Å²) in [5.74, 6) is -0.874. The highest BCUT2D eigenvalue weighted by atomic mass is 35.5. The van der Waals surface area contributed by atoms with Gasteiger partial charge in [-0.15, -0.1) is 0 Å². The number of halogens is 1. The predicted octanol–water partition coefficient (Wildman–Crippen LogP) is 3.41. The highest BCUT2D eigenvalue weighted by molar-refractivity contribution is 6.31. The first-order chi connectivity index (χ1) is 11.0. The second kappa shape index (κ2) is 6.13. The molecule has 1 aromatic carbocycles. The Bertz CT molecular complexity index is 758. The minimum Gasteiger partial charge on any atom is -0.274 e. The van der Waals surface area contributed by atoms with Crippen molar-refractivity contribution in [2.24, 2.45) is 11.8 Å². The largest absolute Gasteiger partial charge is 0.274 e. The van der Waals surface area contributed by atoms with Gasteiger partial charge in [0.1, 0.15) is 5.82 Å². The Morgan fingerprint density at radius 2 is 1.83 bits per heavy atom. The normalized spacial score (nSPS) is 21.1. The first-order valence-electron chi connectivity index (χ1n) is 7.52. The molecule has 0 unspecified atom stereocenters. The number of pyridine rings is 1. The molecule has 2 aromatic rings. The van der Waals surface area contributed by atoms with E-state index in [1.54, 1.807) is 19.1 Å². The Kier molecular flexibility index (Phi) is 4.18. The van der Waals surface area contributed by atoms with Crippen molar-refractivity contribution in [2.45, 2.75) is 20.3 Å². The molecule has 0 N–H and O–H groups in total. The van der Waals surface area contributed by atoms with E-state index in [2.05, 4.69) is 4.98 Å². The Morgan fingerprint density at radius 1 is 1.13 bits per heavy atom. The Balaban J connectivity index is 1.87. The van der Waals surface area contributed by atoms with Crippen molar-refractivity contribution in [1.29, 1.82) is 0 Å². The van der Waals surface area contributed by atoms with Crippen LogP contribution < -0.4 is 4.90 Å². The number of anilines is 1. The van der Waals surface area contributed by atoms with E-state index in [4.69, 9.17) is 11.6 Å². The lowest BCUT2D eigenvalue weighted by atomic mass is 9.90. The van der Waals surface area contributed by atoms with Crippen molar-refractivity contribution in [2.75, 3.05) is 4.90 Å². The summed E-state index contributed by atoms with van der Waals surface area (Å²) in [7, 11) is 0. The molecule has 23 heavy (non-hydrogen) atoms. The minimum absolute atomic E-state index is 0.210. The molecule has 0 spiro atoms. The van der Waals surface area contributed by atoms with Gasteiger partial charge >= 0.3 is 0 Å². The number of amides is 2. The van der Waals surface area contributed by atoms with Crippen LogP contribution in [-0.2, 0) is 16.0 Å². The molecule has 3 rings (SSSR count). The molecule has 0 bridgehead atoms. The maximum Gasteiger partial charge on any atom is 0.239 e. The minimum atomic E-state index is -0.371. The average Bonchev–Trinajstić information content (AvgIpc) is 2.73. The topological polar surface area (TPSA) is 50.3 Å². The summed E-state index contributed by atoms with van der Waals surface area (Å²) in [6.45, 7) is 3.81. The Hall–Kier alpha value is -2.20. The van der Waals surface area contributed by atoms with Gasteiger partial charge in [0.25, 0.3) is 0 Å². The number of hydrogen-bond donors (Lipinski definition) is 0. The van der Waals surface area contributed by atoms with Gasteiger partial charge in [-0.1, -0.05) is 48.4 Å². The van der Waals surface area contributed by atoms with Crippen LogP contribution in [0.25, 0.3) is 0 Å². The zero-order valence-electron chi connectivity index (χ0n) is 13.0. The summed E-state index contributed by atoms with van der Waals surface area (Å²) >= 11 is 5.95. The maximum atomic E-state index is 12.7. The van der Waals surface area contributed by atoms with Crippen molar-refractivity contribution in [1.82, 2.24) is 4.98 Å². The monoisotopic (exact) mass is 328 g/mol. The fraction of sp³-hybridized carbons (Fsp3) is 0.278. The standard InChI is InChI=1S/C18H17ClN2O2/c1-11-3-5-13(6-4-11)9-15-12(2)17(22)21(18(15)23)16-10-14(19)7-8-20-16/h3-8,10,12,15H,9H2,1-2H3/t12-,15-/m1/s1. The van der Waals surface area contributed by atoms with Crippen LogP contribution in [0.2, 0.25) is 5.02 Å². The van der Waals surface area contributed by atoms with Gasteiger partial charge in [0.15, 0.2) is 0 Å². The first-order valence-corrected chi connectivity index (χ1v) is 7.90. The first kappa shape index (κ1) is 15.7. The Labute approximate surface area is 140 Å². The number of hydrogen-bond acceptors (Lipinski definition) is 3. The smallest absolute Gasteiger partial charge is 0.239 e. The fourth-order valence-electron chi connectivity index (χ4n) is 2.85. The van der Waals surface area contributed by atoms with Crippen molar-refractivity contribution < 1.29 is 9.59 Å². The summed E-state index contributed by atoms with van der Waals surface area (Å²) in [6, 6.07) is 11.2. The van der Waals surface area contributed by atoms with Gasteiger partial charge in [0.2, 0.25) is 11.8 Å². The molecule has 2 amide bonds. The van der Waals surface area contributed by atoms with Gasteiger partial charge in [-0.25, -0.2) is 9.88 Å². The molecule has 4 nitrogen and oxygen atoms in total. The van der Waals surface area contributed by atoms with Gasteiger partial charge in [-0.3, -0.25) is 9.59 Å². The second-order valence-electron chi connectivity index (χ2n) is 5.93. The molecule has 5 heteroatoms. The third-order valence-corrected chi connectivity index (χ3v) is 4.50. The summed E-state index contributed by atoms with van der Waals surface area (Å²) in [4.78, 5) is 30.5. The molecule has 118 valence electrons. The van der Waals surface area contributed by atoms with Crippen LogP contribution in [0.15, 0.2) is 42.6 Å². The SMILES string of the molecule is Cc1ccc(C[C@H]2C(=O)N(c3cc(Cl)ccn3)C(=O)[C@@H]2C)cc1. The van der Waals surface area contributed by atoms with E-state index in [1.165, 1.54) is 11.8 Å².